The van der Waals surface area contributed by atoms with E-state index >= 15 is 0 Å². The first-order valence-electron chi connectivity index (χ1n) is 6.72. The summed E-state index contributed by atoms with van der Waals surface area (Å²) in [4.78, 5) is 10.0. The number of nitrogens with zero attached hydrogens (tertiary/aromatic N) is 2. The summed E-state index contributed by atoms with van der Waals surface area (Å²) in [7, 11) is 0. The molecule has 1 heterocycles. The summed E-state index contributed by atoms with van der Waals surface area (Å²) in [5.41, 5.74) is 1.03. The van der Waals surface area contributed by atoms with Gasteiger partial charge in [0.25, 0.3) is 0 Å². The summed E-state index contributed by atoms with van der Waals surface area (Å²) in [5.74, 6) is 2.44. The van der Waals surface area contributed by atoms with Gasteiger partial charge in [0.1, 0.15) is 17.5 Å². The number of thioether (sulfide) groups is 1. The fourth-order valence-corrected chi connectivity index (χ4v) is 2.21. The maximum atomic E-state index is 4.41. The topological polar surface area (TPSA) is 49.8 Å². The van der Waals surface area contributed by atoms with Crippen molar-refractivity contribution in [3.63, 3.8) is 0 Å². The molecule has 0 unspecified atom stereocenters. The first kappa shape index (κ1) is 14.7. The maximum absolute atomic E-state index is 4.41. The summed E-state index contributed by atoms with van der Waals surface area (Å²) in [6.45, 7) is 4.95. The number of hydrogen-bond donors (Lipinski definition) is 2. The van der Waals surface area contributed by atoms with E-state index in [1.54, 1.807) is 11.8 Å². The normalized spacial score (nSPS) is 10.3. The number of benzene rings is 1. The van der Waals surface area contributed by atoms with Gasteiger partial charge in [-0.25, -0.2) is 9.97 Å². The van der Waals surface area contributed by atoms with Crippen LogP contribution in [0.5, 0.6) is 0 Å². The largest absolute Gasteiger partial charge is 0.370 e. The molecular formula is C15H20N4S. The van der Waals surface area contributed by atoms with Crippen molar-refractivity contribution >= 4 is 29.1 Å². The van der Waals surface area contributed by atoms with Crippen LogP contribution in [0.1, 0.15) is 19.2 Å². The Morgan fingerprint density at radius 3 is 2.45 bits per heavy atom. The van der Waals surface area contributed by atoms with Crippen molar-refractivity contribution in [2.24, 2.45) is 0 Å². The predicted molar refractivity (Wildman–Crippen MR) is 87.1 cm³/mol. The highest BCUT2D eigenvalue weighted by Crippen LogP contribution is 2.21. The highest BCUT2D eigenvalue weighted by Gasteiger charge is 2.02. The molecule has 2 rings (SSSR count). The van der Waals surface area contributed by atoms with Gasteiger partial charge < -0.3 is 10.6 Å². The standard InChI is InChI=1S/C15H20N4S/c1-4-9-16-14-10-15(18-11(2)17-14)19-12-5-7-13(20-3)8-6-12/h5-8,10H,4,9H2,1-3H3,(H2,16,17,18,19). The number of aryl methyl sites for hydroxylation is 1. The van der Waals surface area contributed by atoms with Crippen LogP contribution in [0.2, 0.25) is 0 Å². The summed E-state index contributed by atoms with van der Waals surface area (Å²) in [6, 6.07) is 10.2. The molecule has 1 aromatic carbocycles. The van der Waals surface area contributed by atoms with E-state index in [2.05, 4.69) is 58.0 Å². The van der Waals surface area contributed by atoms with E-state index in [0.29, 0.717) is 0 Å². The van der Waals surface area contributed by atoms with Crippen LogP contribution in [0.25, 0.3) is 0 Å². The van der Waals surface area contributed by atoms with Gasteiger partial charge in [-0.3, -0.25) is 0 Å². The average molecular weight is 288 g/mol. The highest BCUT2D eigenvalue weighted by molar-refractivity contribution is 7.98. The molecule has 106 valence electrons. The van der Waals surface area contributed by atoms with Gasteiger partial charge in [-0.05, 0) is 43.9 Å². The second kappa shape index (κ2) is 7.14. The molecule has 0 aliphatic heterocycles. The van der Waals surface area contributed by atoms with Gasteiger partial charge in [-0.1, -0.05) is 6.92 Å². The number of nitrogens with one attached hydrogen (secondary N) is 2. The van der Waals surface area contributed by atoms with Gasteiger partial charge in [-0.15, -0.1) is 11.8 Å². The lowest BCUT2D eigenvalue weighted by atomic mass is 10.3. The first-order valence-corrected chi connectivity index (χ1v) is 7.94. The van der Waals surface area contributed by atoms with E-state index in [-0.39, 0.29) is 0 Å². The monoisotopic (exact) mass is 288 g/mol. The number of rotatable bonds is 6. The van der Waals surface area contributed by atoms with Crippen LogP contribution in [0.15, 0.2) is 35.2 Å². The molecule has 0 spiro atoms. The molecular weight excluding hydrogens is 268 g/mol. The Labute approximate surface area is 124 Å². The molecule has 0 aliphatic carbocycles. The van der Waals surface area contributed by atoms with Crippen molar-refractivity contribution in [1.29, 1.82) is 0 Å². The lowest BCUT2D eigenvalue weighted by Gasteiger charge is -2.10. The number of aromatic nitrogens is 2. The third kappa shape index (κ3) is 4.13. The Hall–Kier alpha value is -1.75. The summed E-state index contributed by atoms with van der Waals surface area (Å²) < 4.78 is 0. The van der Waals surface area contributed by atoms with Crippen LogP contribution in [0.4, 0.5) is 17.3 Å². The molecule has 2 N–H and O–H groups in total. The van der Waals surface area contributed by atoms with Gasteiger partial charge in [0.05, 0.1) is 0 Å². The van der Waals surface area contributed by atoms with E-state index in [1.807, 2.05) is 13.0 Å². The quantitative estimate of drug-likeness (QED) is 0.785. The fourth-order valence-electron chi connectivity index (χ4n) is 1.80. The molecule has 0 aliphatic rings. The summed E-state index contributed by atoms with van der Waals surface area (Å²) in [6.07, 6.45) is 3.14. The fraction of sp³-hybridized carbons (Fsp3) is 0.333. The lowest BCUT2D eigenvalue weighted by Crippen LogP contribution is -2.05. The predicted octanol–water partition coefficient (Wildman–Crippen LogP) is 4.07. The van der Waals surface area contributed by atoms with Crippen LogP contribution in [0.3, 0.4) is 0 Å². The van der Waals surface area contributed by atoms with Crippen LogP contribution in [-0.2, 0) is 0 Å². The molecule has 20 heavy (non-hydrogen) atoms. The van der Waals surface area contributed by atoms with E-state index in [0.717, 1.165) is 36.1 Å². The third-order valence-electron chi connectivity index (χ3n) is 2.76. The molecule has 5 heteroatoms. The number of hydrogen-bond acceptors (Lipinski definition) is 5. The Morgan fingerprint density at radius 2 is 1.80 bits per heavy atom. The van der Waals surface area contributed by atoms with Crippen LogP contribution >= 0.6 is 11.8 Å². The first-order chi connectivity index (χ1) is 9.71. The molecule has 0 saturated carbocycles. The molecule has 0 amide bonds. The molecule has 0 bridgehead atoms. The van der Waals surface area contributed by atoms with E-state index < -0.39 is 0 Å². The Bertz CT molecular complexity index is 554. The van der Waals surface area contributed by atoms with Crippen LogP contribution in [-0.4, -0.2) is 22.8 Å². The minimum absolute atomic E-state index is 0.759. The van der Waals surface area contributed by atoms with Crippen molar-refractivity contribution in [1.82, 2.24) is 9.97 Å². The van der Waals surface area contributed by atoms with Gasteiger partial charge >= 0.3 is 0 Å². The molecule has 0 saturated heterocycles. The minimum Gasteiger partial charge on any atom is -0.370 e. The van der Waals surface area contributed by atoms with Gasteiger partial charge in [0.15, 0.2) is 0 Å². The second-order valence-corrected chi connectivity index (χ2v) is 5.35. The van der Waals surface area contributed by atoms with Crippen molar-refractivity contribution in [2.75, 3.05) is 23.4 Å². The van der Waals surface area contributed by atoms with E-state index in [1.165, 1.54) is 4.90 Å². The van der Waals surface area contributed by atoms with Crippen molar-refractivity contribution < 1.29 is 0 Å². The molecule has 0 fully saturated rings. The smallest absolute Gasteiger partial charge is 0.136 e. The molecule has 0 atom stereocenters. The maximum Gasteiger partial charge on any atom is 0.136 e. The molecule has 4 nitrogen and oxygen atoms in total. The zero-order valence-corrected chi connectivity index (χ0v) is 12.9. The lowest BCUT2D eigenvalue weighted by molar-refractivity contribution is 0.955. The van der Waals surface area contributed by atoms with Crippen molar-refractivity contribution in [3.05, 3.63) is 36.2 Å². The third-order valence-corrected chi connectivity index (χ3v) is 3.50. The summed E-state index contributed by atoms with van der Waals surface area (Å²) in [5, 5.41) is 6.60. The SMILES string of the molecule is CCCNc1cc(Nc2ccc(SC)cc2)nc(C)n1. The minimum atomic E-state index is 0.759. The Kier molecular flexibility index (Phi) is 5.24. The van der Waals surface area contributed by atoms with E-state index in [4.69, 9.17) is 0 Å². The second-order valence-electron chi connectivity index (χ2n) is 4.47. The van der Waals surface area contributed by atoms with Gasteiger partial charge in [0.2, 0.25) is 0 Å². The Balaban J connectivity index is 2.12. The number of anilines is 3. The van der Waals surface area contributed by atoms with Crippen LogP contribution in [0, 0.1) is 6.92 Å². The zero-order valence-electron chi connectivity index (χ0n) is 12.1. The molecule has 0 radical (unpaired) electrons. The molecule has 1 aromatic heterocycles. The van der Waals surface area contributed by atoms with Crippen LogP contribution < -0.4 is 10.6 Å². The highest BCUT2D eigenvalue weighted by atomic mass is 32.2. The van der Waals surface area contributed by atoms with E-state index in [9.17, 15) is 0 Å². The van der Waals surface area contributed by atoms with Crippen molar-refractivity contribution in [3.8, 4) is 0 Å². The van der Waals surface area contributed by atoms with Crippen molar-refractivity contribution in [2.45, 2.75) is 25.2 Å². The Morgan fingerprint density at radius 1 is 1.10 bits per heavy atom. The average Bonchev–Trinajstić information content (AvgIpc) is 2.45. The summed E-state index contributed by atoms with van der Waals surface area (Å²) >= 11 is 1.73. The van der Waals surface area contributed by atoms with Gasteiger partial charge in [-0.2, -0.15) is 0 Å². The van der Waals surface area contributed by atoms with Gasteiger partial charge in [0, 0.05) is 23.2 Å². The molecule has 2 aromatic rings. The zero-order chi connectivity index (χ0) is 14.4.